The van der Waals surface area contributed by atoms with Crippen molar-refractivity contribution in [3.63, 3.8) is 0 Å². The van der Waals surface area contributed by atoms with E-state index in [2.05, 4.69) is 15.9 Å². The van der Waals surface area contributed by atoms with E-state index in [1.54, 1.807) is 0 Å². The van der Waals surface area contributed by atoms with Crippen LogP contribution in [-0.2, 0) is 4.79 Å². The van der Waals surface area contributed by atoms with Crippen molar-refractivity contribution in [3.05, 3.63) is 34.3 Å². The van der Waals surface area contributed by atoms with Gasteiger partial charge in [-0.15, -0.1) is 0 Å². The van der Waals surface area contributed by atoms with Gasteiger partial charge < -0.3 is 5.11 Å². The molecule has 0 spiro atoms. The molecule has 2 nitrogen and oxygen atoms in total. The van der Waals surface area contributed by atoms with E-state index in [9.17, 15) is 9.90 Å². The van der Waals surface area contributed by atoms with E-state index in [0.29, 0.717) is 0 Å². The second-order valence-corrected chi connectivity index (χ2v) is 5.31. The normalized spacial score (nSPS) is 25.3. The van der Waals surface area contributed by atoms with Gasteiger partial charge in [-0.3, -0.25) is 4.79 Å². The minimum Gasteiger partial charge on any atom is -0.481 e. The molecule has 2 atom stereocenters. The largest absolute Gasteiger partial charge is 0.481 e. The second kappa shape index (κ2) is 5.00. The molecule has 86 valence electrons. The summed E-state index contributed by atoms with van der Waals surface area (Å²) in [5.74, 6) is -0.670. The van der Waals surface area contributed by atoms with Crippen molar-refractivity contribution in [2.45, 2.75) is 31.6 Å². The molecule has 0 heterocycles. The van der Waals surface area contributed by atoms with Crippen molar-refractivity contribution in [2.75, 3.05) is 0 Å². The van der Waals surface area contributed by atoms with Gasteiger partial charge in [0, 0.05) is 4.47 Å². The fourth-order valence-corrected chi connectivity index (χ4v) is 2.98. The van der Waals surface area contributed by atoms with Crippen LogP contribution in [0.4, 0.5) is 0 Å². The molecule has 1 saturated carbocycles. The number of carboxylic acids is 1. The Hall–Kier alpha value is -0.830. The third-order valence-corrected chi connectivity index (χ3v) is 3.85. The predicted octanol–water partition coefficient (Wildman–Crippen LogP) is 3.81. The number of benzene rings is 1. The SMILES string of the molecule is O=C(O)C1CCCCC1c1cccc(Br)c1. The van der Waals surface area contributed by atoms with Crippen molar-refractivity contribution < 1.29 is 9.90 Å². The van der Waals surface area contributed by atoms with Gasteiger partial charge in [-0.2, -0.15) is 0 Å². The highest BCUT2D eigenvalue weighted by molar-refractivity contribution is 9.10. The van der Waals surface area contributed by atoms with Crippen molar-refractivity contribution in [2.24, 2.45) is 5.92 Å². The van der Waals surface area contributed by atoms with Crippen LogP contribution in [0.3, 0.4) is 0 Å². The molecule has 2 unspecified atom stereocenters. The highest BCUT2D eigenvalue weighted by atomic mass is 79.9. The molecule has 1 aromatic rings. The summed E-state index contributed by atoms with van der Waals surface area (Å²) in [7, 11) is 0. The Morgan fingerprint density at radius 1 is 1.31 bits per heavy atom. The first-order valence-electron chi connectivity index (χ1n) is 5.67. The number of carboxylic acid groups (broad SMARTS) is 1. The second-order valence-electron chi connectivity index (χ2n) is 4.39. The molecular formula is C13H15BrO2. The van der Waals surface area contributed by atoms with E-state index in [0.717, 1.165) is 35.7 Å². The quantitative estimate of drug-likeness (QED) is 0.896. The molecule has 0 aromatic heterocycles. The molecule has 1 aliphatic rings. The molecule has 2 rings (SSSR count). The van der Waals surface area contributed by atoms with Crippen LogP contribution in [0.15, 0.2) is 28.7 Å². The van der Waals surface area contributed by atoms with Gasteiger partial charge >= 0.3 is 5.97 Å². The number of rotatable bonds is 2. The van der Waals surface area contributed by atoms with Crippen LogP contribution in [0.2, 0.25) is 0 Å². The molecule has 1 fully saturated rings. The molecule has 0 bridgehead atoms. The molecule has 16 heavy (non-hydrogen) atoms. The van der Waals surface area contributed by atoms with Crippen LogP contribution in [0.25, 0.3) is 0 Å². The van der Waals surface area contributed by atoms with E-state index >= 15 is 0 Å². The Morgan fingerprint density at radius 3 is 2.75 bits per heavy atom. The smallest absolute Gasteiger partial charge is 0.307 e. The van der Waals surface area contributed by atoms with E-state index < -0.39 is 5.97 Å². The third-order valence-electron chi connectivity index (χ3n) is 3.36. The van der Waals surface area contributed by atoms with Crippen LogP contribution in [0.1, 0.15) is 37.2 Å². The Bertz CT molecular complexity index is 389. The van der Waals surface area contributed by atoms with Gasteiger partial charge in [0.1, 0.15) is 0 Å². The third kappa shape index (κ3) is 2.46. The summed E-state index contributed by atoms with van der Waals surface area (Å²) in [4.78, 5) is 11.2. The first-order valence-corrected chi connectivity index (χ1v) is 6.46. The van der Waals surface area contributed by atoms with Crippen molar-refractivity contribution in [3.8, 4) is 0 Å². The summed E-state index contributed by atoms with van der Waals surface area (Å²) in [6.07, 6.45) is 3.99. The van der Waals surface area contributed by atoms with Gasteiger partial charge in [-0.25, -0.2) is 0 Å². The maximum Gasteiger partial charge on any atom is 0.307 e. The Morgan fingerprint density at radius 2 is 2.06 bits per heavy atom. The van der Waals surface area contributed by atoms with Crippen LogP contribution in [0, 0.1) is 5.92 Å². The lowest BCUT2D eigenvalue weighted by Gasteiger charge is -2.28. The number of hydrogen-bond acceptors (Lipinski definition) is 1. The average molecular weight is 283 g/mol. The predicted molar refractivity (Wildman–Crippen MR) is 66.5 cm³/mol. The molecule has 0 aliphatic heterocycles. The fourth-order valence-electron chi connectivity index (χ4n) is 2.56. The van der Waals surface area contributed by atoms with Gasteiger partial charge in [0.15, 0.2) is 0 Å². The summed E-state index contributed by atoms with van der Waals surface area (Å²) in [5, 5.41) is 9.23. The monoisotopic (exact) mass is 282 g/mol. The van der Waals surface area contributed by atoms with E-state index in [1.165, 1.54) is 0 Å². The molecule has 0 radical (unpaired) electrons. The van der Waals surface area contributed by atoms with E-state index in [1.807, 2.05) is 24.3 Å². The standard InChI is InChI=1S/C13H15BrO2/c14-10-5-3-4-9(8-10)11-6-1-2-7-12(11)13(15)16/h3-5,8,11-12H,1-2,6-7H2,(H,15,16). The van der Waals surface area contributed by atoms with Gasteiger partial charge in [0.2, 0.25) is 0 Å². The minimum absolute atomic E-state index is 0.184. The fraction of sp³-hybridized carbons (Fsp3) is 0.462. The lowest BCUT2D eigenvalue weighted by Crippen LogP contribution is -2.25. The average Bonchev–Trinajstić information content (AvgIpc) is 2.29. The van der Waals surface area contributed by atoms with Crippen LogP contribution in [-0.4, -0.2) is 11.1 Å². The number of carbonyl (C=O) groups is 1. The summed E-state index contributed by atoms with van der Waals surface area (Å²) in [5.41, 5.74) is 1.15. The lowest BCUT2D eigenvalue weighted by atomic mass is 9.75. The summed E-state index contributed by atoms with van der Waals surface area (Å²) < 4.78 is 1.03. The first kappa shape index (κ1) is 11.6. The Labute approximate surface area is 104 Å². The highest BCUT2D eigenvalue weighted by Crippen LogP contribution is 2.38. The zero-order valence-corrected chi connectivity index (χ0v) is 10.6. The van der Waals surface area contributed by atoms with Crippen LogP contribution < -0.4 is 0 Å². The molecule has 0 amide bonds. The Kier molecular flexibility index (Phi) is 3.64. The molecule has 0 saturated heterocycles. The topological polar surface area (TPSA) is 37.3 Å². The van der Waals surface area contributed by atoms with Crippen molar-refractivity contribution in [1.82, 2.24) is 0 Å². The number of hydrogen-bond donors (Lipinski definition) is 1. The lowest BCUT2D eigenvalue weighted by molar-refractivity contribution is -0.143. The Balaban J connectivity index is 2.26. The molecule has 3 heteroatoms. The zero-order valence-electron chi connectivity index (χ0n) is 9.03. The van der Waals surface area contributed by atoms with Crippen LogP contribution >= 0.6 is 15.9 Å². The van der Waals surface area contributed by atoms with Crippen LogP contribution in [0.5, 0.6) is 0 Å². The van der Waals surface area contributed by atoms with E-state index in [4.69, 9.17) is 0 Å². The maximum absolute atomic E-state index is 11.2. The first-order chi connectivity index (χ1) is 7.68. The van der Waals surface area contributed by atoms with Gasteiger partial charge in [-0.1, -0.05) is 40.9 Å². The summed E-state index contributed by atoms with van der Waals surface area (Å²) in [6, 6.07) is 8.04. The van der Waals surface area contributed by atoms with E-state index in [-0.39, 0.29) is 11.8 Å². The molecular weight excluding hydrogens is 268 g/mol. The molecule has 1 N–H and O–H groups in total. The van der Waals surface area contributed by atoms with Gasteiger partial charge in [0.05, 0.1) is 5.92 Å². The van der Waals surface area contributed by atoms with Crippen molar-refractivity contribution in [1.29, 1.82) is 0 Å². The number of aliphatic carboxylic acids is 1. The summed E-state index contributed by atoms with van der Waals surface area (Å²) >= 11 is 3.44. The molecule has 1 aromatic carbocycles. The highest BCUT2D eigenvalue weighted by Gasteiger charge is 2.31. The molecule has 1 aliphatic carbocycles. The maximum atomic E-state index is 11.2. The number of halogens is 1. The van der Waals surface area contributed by atoms with Gasteiger partial charge in [-0.05, 0) is 36.5 Å². The van der Waals surface area contributed by atoms with Gasteiger partial charge in [0.25, 0.3) is 0 Å². The zero-order chi connectivity index (χ0) is 11.5. The summed E-state index contributed by atoms with van der Waals surface area (Å²) in [6.45, 7) is 0. The van der Waals surface area contributed by atoms with Crippen molar-refractivity contribution >= 4 is 21.9 Å². The minimum atomic E-state index is -0.648.